The minimum Gasteiger partial charge on any atom is -0.462 e. The van der Waals surface area contributed by atoms with Gasteiger partial charge in [-0.3, -0.25) is 0 Å². The SMILES string of the molecule is Nc1ccc(C(=O)OCC2CCOC2)c(F)c1. The van der Waals surface area contributed by atoms with Crippen LogP contribution in [0.1, 0.15) is 16.8 Å². The lowest BCUT2D eigenvalue weighted by Crippen LogP contribution is -2.15. The van der Waals surface area contributed by atoms with Crippen LogP contribution in [0.3, 0.4) is 0 Å². The number of nitrogens with two attached hydrogens (primary N) is 1. The zero-order valence-corrected chi connectivity index (χ0v) is 9.32. The Morgan fingerprint density at radius 2 is 2.41 bits per heavy atom. The standard InChI is InChI=1S/C12H14FNO3/c13-11-5-9(14)1-2-10(11)12(15)17-7-8-3-4-16-6-8/h1-2,5,8H,3-4,6-7,14H2. The summed E-state index contributed by atoms with van der Waals surface area (Å²) in [5.41, 5.74) is 5.59. The number of benzene rings is 1. The zero-order chi connectivity index (χ0) is 12.3. The highest BCUT2D eigenvalue weighted by molar-refractivity contribution is 5.90. The maximum Gasteiger partial charge on any atom is 0.341 e. The summed E-state index contributed by atoms with van der Waals surface area (Å²) in [7, 11) is 0. The van der Waals surface area contributed by atoms with E-state index in [0.717, 1.165) is 12.5 Å². The number of anilines is 1. The number of halogens is 1. The third-order valence-electron chi connectivity index (χ3n) is 2.69. The van der Waals surface area contributed by atoms with Crippen molar-refractivity contribution >= 4 is 11.7 Å². The number of hydrogen-bond donors (Lipinski definition) is 1. The Balaban J connectivity index is 1.94. The number of ether oxygens (including phenoxy) is 2. The van der Waals surface area contributed by atoms with Crippen LogP contribution < -0.4 is 5.73 Å². The van der Waals surface area contributed by atoms with Gasteiger partial charge in [-0.15, -0.1) is 0 Å². The molecule has 1 aliphatic heterocycles. The summed E-state index contributed by atoms with van der Waals surface area (Å²) >= 11 is 0. The lowest BCUT2D eigenvalue weighted by molar-refractivity contribution is 0.0423. The lowest BCUT2D eigenvalue weighted by atomic mass is 10.1. The summed E-state index contributed by atoms with van der Waals surface area (Å²) in [6, 6.07) is 3.91. The largest absolute Gasteiger partial charge is 0.462 e. The molecule has 0 amide bonds. The van der Waals surface area contributed by atoms with Gasteiger partial charge in [-0.2, -0.15) is 0 Å². The van der Waals surface area contributed by atoms with Crippen molar-refractivity contribution in [2.75, 3.05) is 25.6 Å². The summed E-state index contributed by atoms with van der Waals surface area (Å²) in [5.74, 6) is -1.09. The van der Waals surface area contributed by atoms with Crippen LogP contribution in [0.15, 0.2) is 18.2 Å². The molecule has 1 aromatic rings. The molecule has 0 spiro atoms. The Kier molecular flexibility index (Phi) is 3.58. The molecule has 5 heteroatoms. The molecule has 1 heterocycles. The van der Waals surface area contributed by atoms with Gasteiger partial charge in [-0.25, -0.2) is 9.18 Å². The van der Waals surface area contributed by atoms with E-state index >= 15 is 0 Å². The van der Waals surface area contributed by atoms with Crippen molar-refractivity contribution in [2.24, 2.45) is 5.92 Å². The van der Waals surface area contributed by atoms with Gasteiger partial charge < -0.3 is 15.2 Å². The van der Waals surface area contributed by atoms with Gasteiger partial charge in [0.05, 0.1) is 18.8 Å². The van der Waals surface area contributed by atoms with Gasteiger partial charge in [0.25, 0.3) is 0 Å². The van der Waals surface area contributed by atoms with Gasteiger partial charge in [0.1, 0.15) is 5.82 Å². The molecule has 1 atom stereocenters. The molecule has 0 aromatic heterocycles. The van der Waals surface area contributed by atoms with Crippen LogP contribution in [0.25, 0.3) is 0 Å². The zero-order valence-electron chi connectivity index (χ0n) is 9.32. The van der Waals surface area contributed by atoms with Gasteiger partial charge in [-0.05, 0) is 24.6 Å². The Morgan fingerprint density at radius 1 is 1.59 bits per heavy atom. The predicted molar refractivity (Wildman–Crippen MR) is 60.0 cm³/mol. The fraction of sp³-hybridized carbons (Fsp3) is 0.417. The molecule has 0 radical (unpaired) electrons. The maximum absolute atomic E-state index is 13.4. The Labute approximate surface area is 98.5 Å². The van der Waals surface area contributed by atoms with Gasteiger partial charge in [0.15, 0.2) is 0 Å². The van der Waals surface area contributed by atoms with Crippen molar-refractivity contribution in [1.82, 2.24) is 0 Å². The number of rotatable bonds is 3. The minimum absolute atomic E-state index is 0.0851. The van der Waals surface area contributed by atoms with Crippen LogP contribution in [-0.2, 0) is 9.47 Å². The summed E-state index contributed by atoms with van der Waals surface area (Å²) < 4.78 is 23.6. The molecule has 2 N–H and O–H groups in total. The normalized spacial score (nSPS) is 19.2. The molecule has 0 saturated carbocycles. The monoisotopic (exact) mass is 239 g/mol. The van der Waals surface area contributed by atoms with Gasteiger partial charge in [-0.1, -0.05) is 0 Å². The number of hydrogen-bond acceptors (Lipinski definition) is 4. The number of carbonyl (C=O) groups is 1. The molecular weight excluding hydrogens is 225 g/mol. The molecule has 17 heavy (non-hydrogen) atoms. The smallest absolute Gasteiger partial charge is 0.341 e. The van der Waals surface area contributed by atoms with E-state index in [9.17, 15) is 9.18 Å². The molecule has 92 valence electrons. The van der Waals surface area contributed by atoms with Crippen molar-refractivity contribution in [3.63, 3.8) is 0 Å². The third kappa shape index (κ3) is 2.94. The first-order chi connectivity index (χ1) is 8.16. The molecule has 4 nitrogen and oxygen atoms in total. The van der Waals surface area contributed by atoms with Gasteiger partial charge >= 0.3 is 5.97 Å². The fourth-order valence-corrected chi connectivity index (χ4v) is 1.68. The second-order valence-corrected chi connectivity index (χ2v) is 4.07. The van der Waals surface area contributed by atoms with Gasteiger partial charge in [0.2, 0.25) is 0 Å². The van der Waals surface area contributed by atoms with Crippen LogP contribution in [0.4, 0.5) is 10.1 Å². The van der Waals surface area contributed by atoms with E-state index in [-0.39, 0.29) is 23.8 Å². The van der Waals surface area contributed by atoms with Crippen molar-refractivity contribution in [1.29, 1.82) is 0 Å². The van der Waals surface area contributed by atoms with Crippen LogP contribution in [-0.4, -0.2) is 25.8 Å². The van der Waals surface area contributed by atoms with Crippen molar-refractivity contribution in [2.45, 2.75) is 6.42 Å². The molecule has 1 unspecified atom stereocenters. The Morgan fingerprint density at radius 3 is 3.06 bits per heavy atom. The fourth-order valence-electron chi connectivity index (χ4n) is 1.68. The van der Waals surface area contributed by atoms with E-state index in [4.69, 9.17) is 15.2 Å². The van der Waals surface area contributed by atoms with Crippen LogP contribution >= 0.6 is 0 Å². The molecule has 2 rings (SSSR count). The first-order valence-electron chi connectivity index (χ1n) is 5.46. The van der Waals surface area contributed by atoms with Crippen LogP contribution in [0.2, 0.25) is 0 Å². The number of esters is 1. The summed E-state index contributed by atoms with van der Waals surface area (Å²) in [6.07, 6.45) is 0.873. The quantitative estimate of drug-likeness (QED) is 0.643. The first kappa shape index (κ1) is 11.9. The topological polar surface area (TPSA) is 61.6 Å². The second kappa shape index (κ2) is 5.14. The van der Waals surface area contributed by atoms with Crippen LogP contribution in [0, 0.1) is 11.7 Å². The second-order valence-electron chi connectivity index (χ2n) is 4.07. The van der Waals surface area contributed by atoms with E-state index in [1.807, 2.05) is 0 Å². The molecular formula is C12H14FNO3. The average molecular weight is 239 g/mol. The highest BCUT2D eigenvalue weighted by Gasteiger charge is 2.19. The Hall–Kier alpha value is -1.62. The maximum atomic E-state index is 13.4. The molecule has 0 bridgehead atoms. The van der Waals surface area contributed by atoms with E-state index in [1.54, 1.807) is 0 Å². The van der Waals surface area contributed by atoms with Crippen LogP contribution in [0.5, 0.6) is 0 Å². The summed E-state index contributed by atoms with van der Waals surface area (Å²) in [4.78, 5) is 11.6. The first-order valence-corrected chi connectivity index (χ1v) is 5.46. The predicted octanol–water partition coefficient (Wildman–Crippen LogP) is 1.60. The number of carbonyl (C=O) groups excluding carboxylic acids is 1. The summed E-state index contributed by atoms with van der Waals surface area (Å²) in [5, 5.41) is 0. The molecule has 1 aliphatic rings. The average Bonchev–Trinajstić information content (AvgIpc) is 2.78. The lowest BCUT2D eigenvalue weighted by Gasteiger charge is -2.09. The third-order valence-corrected chi connectivity index (χ3v) is 2.69. The highest BCUT2D eigenvalue weighted by atomic mass is 19.1. The summed E-state index contributed by atoms with van der Waals surface area (Å²) in [6.45, 7) is 1.55. The Bertz CT molecular complexity index is 416. The van der Waals surface area contributed by atoms with E-state index in [2.05, 4.69) is 0 Å². The molecule has 0 aliphatic carbocycles. The van der Waals surface area contributed by atoms with E-state index in [1.165, 1.54) is 12.1 Å². The van der Waals surface area contributed by atoms with Gasteiger partial charge in [0, 0.05) is 18.2 Å². The van der Waals surface area contributed by atoms with Crippen molar-refractivity contribution < 1.29 is 18.7 Å². The minimum atomic E-state index is -0.658. The molecule has 1 fully saturated rings. The van der Waals surface area contributed by atoms with E-state index < -0.39 is 11.8 Å². The van der Waals surface area contributed by atoms with Crippen molar-refractivity contribution in [3.8, 4) is 0 Å². The molecule has 1 saturated heterocycles. The number of nitrogen functional groups attached to an aromatic ring is 1. The van der Waals surface area contributed by atoms with Crippen molar-refractivity contribution in [3.05, 3.63) is 29.6 Å². The molecule has 1 aromatic carbocycles. The highest BCUT2D eigenvalue weighted by Crippen LogP contribution is 2.16. The van der Waals surface area contributed by atoms with E-state index in [0.29, 0.717) is 13.2 Å².